The van der Waals surface area contributed by atoms with Gasteiger partial charge in [-0.15, -0.1) is 11.8 Å². The first-order chi connectivity index (χ1) is 12.3. The van der Waals surface area contributed by atoms with Crippen LogP contribution < -0.4 is 0 Å². The minimum Gasteiger partial charge on any atom is -0.103 e. The zero-order chi connectivity index (χ0) is 18.4. The van der Waals surface area contributed by atoms with Crippen molar-refractivity contribution in [3.63, 3.8) is 0 Å². The molecule has 1 atom stereocenters. The summed E-state index contributed by atoms with van der Waals surface area (Å²) in [6, 6.07) is 0. The Labute approximate surface area is 160 Å². The quantitative estimate of drug-likeness (QED) is 0.171. The van der Waals surface area contributed by atoms with E-state index < -0.39 is 0 Å². The van der Waals surface area contributed by atoms with E-state index in [0.717, 1.165) is 18.8 Å². The van der Waals surface area contributed by atoms with E-state index in [1.54, 1.807) is 0 Å². The predicted molar refractivity (Wildman–Crippen MR) is 116 cm³/mol. The molecule has 0 saturated carbocycles. The monoisotopic (exact) mass is 348 g/mol. The van der Waals surface area contributed by atoms with Crippen molar-refractivity contribution in [2.75, 3.05) is 0 Å². The molecule has 0 saturated heterocycles. The lowest BCUT2D eigenvalue weighted by molar-refractivity contribution is 0.434. The molecule has 0 heteroatoms. The molecule has 25 heavy (non-hydrogen) atoms. The van der Waals surface area contributed by atoms with E-state index in [2.05, 4.69) is 32.6 Å². The van der Waals surface area contributed by atoms with E-state index in [1.165, 1.54) is 109 Å². The minimum atomic E-state index is 0.935. The zero-order valence-electron chi connectivity index (χ0n) is 18.0. The molecule has 0 bridgehead atoms. The van der Waals surface area contributed by atoms with Crippen molar-refractivity contribution in [2.24, 2.45) is 5.92 Å². The van der Waals surface area contributed by atoms with Crippen LogP contribution in [-0.4, -0.2) is 0 Å². The van der Waals surface area contributed by atoms with Gasteiger partial charge in [-0.1, -0.05) is 117 Å². The van der Waals surface area contributed by atoms with Gasteiger partial charge in [0.05, 0.1) is 0 Å². The highest BCUT2D eigenvalue weighted by atomic mass is 14.1. The fourth-order valence-corrected chi connectivity index (χ4v) is 3.47. The van der Waals surface area contributed by atoms with Crippen LogP contribution in [0.1, 0.15) is 143 Å². The molecule has 0 rings (SSSR count). The van der Waals surface area contributed by atoms with Crippen LogP contribution in [0, 0.1) is 17.8 Å². The highest BCUT2D eigenvalue weighted by molar-refractivity contribution is 4.98. The molecule has 0 aromatic heterocycles. The fourth-order valence-electron chi connectivity index (χ4n) is 3.47. The van der Waals surface area contributed by atoms with Gasteiger partial charge in [0.2, 0.25) is 0 Å². The molecule has 0 fully saturated rings. The first-order valence-electron chi connectivity index (χ1n) is 11.8. The number of rotatable bonds is 18. The van der Waals surface area contributed by atoms with E-state index in [0.29, 0.717) is 0 Å². The van der Waals surface area contributed by atoms with Crippen LogP contribution in [0.5, 0.6) is 0 Å². The Morgan fingerprint density at radius 1 is 0.480 bits per heavy atom. The fraction of sp³-hybridized carbons (Fsp3) is 0.920. The van der Waals surface area contributed by atoms with Gasteiger partial charge in [0.1, 0.15) is 0 Å². The summed E-state index contributed by atoms with van der Waals surface area (Å²) in [5.41, 5.74) is 0. The van der Waals surface area contributed by atoms with Crippen LogP contribution in [0.2, 0.25) is 0 Å². The van der Waals surface area contributed by atoms with Crippen LogP contribution in [-0.2, 0) is 0 Å². The standard InChI is InChI=1S/C25H48/c1-4-6-8-10-12-14-16-18-20-22-24-25(3)23-21-19-17-15-13-11-9-7-5-2/h25H,4-11,13,15-24H2,1-3H3. The summed E-state index contributed by atoms with van der Waals surface area (Å²) >= 11 is 0. The maximum absolute atomic E-state index is 3.35. The zero-order valence-corrected chi connectivity index (χ0v) is 18.0. The van der Waals surface area contributed by atoms with Gasteiger partial charge in [0, 0.05) is 12.8 Å². The predicted octanol–water partition coefficient (Wildman–Crippen LogP) is 9.08. The van der Waals surface area contributed by atoms with Crippen LogP contribution in [0.3, 0.4) is 0 Å². The Kier molecular flexibility index (Phi) is 21.2. The summed E-state index contributed by atoms with van der Waals surface area (Å²) in [5, 5.41) is 0. The molecular weight excluding hydrogens is 300 g/mol. The van der Waals surface area contributed by atoms with Crippen molar-refractivity contribution in [1.82, 2.24) is 0 Å². The SMILES string of the molecule is CCCCCC#CCCCCCC(C)CCCCCCCCCCC. The van der Waals surface area contributed by atoms with E-state index in [9.17, 15) is 0 Å². The molecule has 0 radical (unpaired) electrons. The van der Waals surface area contributed by atoms with Gasteiger partial charge < -0.3 is 0 Å². The smallest absolute Gasteiger partial charge is 0.00886 e. The molecule has 0 N–H and O–H groups in total. The summed E-state index contributed by atoms with van der Waals surface area (Å²) in [4.78, 5) is 0. The average Bonchev–Trinajstić information content (AvgIpc) is 2.62. The van der Waals surface area contributed by atoms with Crippen LogP contribution in [0.15, 0.2) is 0 Å². The second kappa shape index (κ2) is 21.6. The highest BCUT2D eigenvalue weighted by Gasteiger charge is 2.02. The summed E-state index contributed by atoms with van der Waals surface area (Å²) in [6.07, 6.45) is 26.2. The van der Waals surface area contributed by atoms with E-state index in [4.69, 9.17) is 0 Å². The van der Waals surface area contributed by atoms with Crippen LogP contribution in [0.4, 0.5) is 0 Å². The maximum Gasteiger partial charge on any atom is 0.00886 e. The first-order valence-corrected chi connectivity index (χ1v) is 11.8. The largest absolute Gasteiger partial charge is 0.103 e. The van der Waals surface area contributed by atoms with Gasteiger partial charge in [-0.3, -0.25) is 0 Å². The third-order valence-electron chi connectivity index (χ3n) is 5.33. The highest BCUT2D eigenvalue weighted by Crippen LogP contribution is 2.18. The van der Waals surface area contributed by atoms with Gasteiger partial charge >= 0.3 is 0 Å². The van der Waals surface area contributed by atoms with Gasteiger partial charge in [-0.2, -0.15) is 0 Å². The lowest BCUT2D eigenvalue weighted by Gasteiger charge is -2.10. The van der Waals surface area contributed by atoms with Crippen molar-refractivity contribution >= 4 is 0 Å². The van der Waals surface area contributed by atoms with Crippen molar-refractivity contribution < 1.29 is 0 Å². The molecule has 0 aliphatic carbocycles. The molecule has 0 spiro atoms. The Morgan fingerprint density at radius 3 is 1.36 bits per heavy atom. The minimum absolute atomic E-state index is 0.935. The third-order valence-corrected chi connectivity index (χ3v) is 5.33. The third kappa shape index (κ3) is 21.5. The summed E-state index contributed by atoms with van der Waals surface area (Å²) in [7, 11) is 0. The molecule has 0 amide bonds. The van der Waals surface area contributed by atoms with Gasteiger partial charge in [0.15, 0.2) is 0 Å². The molecule has 0 aliphatic heterocycles. The molecule has 0 nitrogen and oxygen atoms in total. The topological polar surface area (TPSA) is 0 Å². The summed E-state index contributed by atoms with van der Waals surface area (Å²) in [6.45, 7) is 7.01. The number of unbranched alkanes of at least 4 members (excludes halogenated alkanes) is 14. The summed E-state index contributed by atoms with van der Waals surface area (Å²) in [5.74, 6) is 7.62. The molecule has 0 aromatic carbocycles. The van der Waals surface area contributed by atoms with Gasteiger partial charge in [0.25, 0.3) is 0 Å². The van der Waals surface area contributed by atoms with Crippen molar-refractivity contribution in [1.29, 1.82) is 0 Å². The Bertz CT molecular complexity index is 293. The molecule has 0 heterocycles. The van der Waals surface area contributed by atoms with Crippen LogP contribution >= 0.6 is 0 Å². The van der Waals surface area contributed by atoms with E-state index in [-0.39, 0.29) is 0 Å². The Balaban J connectivity index is 3.21. The lowest BCUT2D eigenvalue weighted by Crippen LogP contribution is -1.95. The summed E-state index contributed by atoms with van der Waals surface area (Å²) < 4.78 is 0. The van der Waals surface area contributed by atoms with Crippen molar-refractivity contribution in [3.8, 4) is 11.8 Å². The normalized spacial score (nSPS) is 12.0. The first kappa shape index (κ1) is 24.6. The molecule has 0 aliphatic rings. The lowest BCUT2D eigenvalue weighted by atomic mass is 9.96. The number of hydrogen-bond donors (Lipinski definition) is 0. The Morgan fingerprint density at radius 2 is 0.840 bits per heavy atom. The van der Waals surface area contributed by atoms with Gasteiger partial charge in [-0.25, -0.2) is 0 Å². The van der Waals surface area contributed by atoms with Gasteiger partial charge in [-0.05, 0) is 18.8 Å². The van der Waals surface area contributed by atoms with E-state index in [1.807, 2.05) is 0 Å². The number of hydrogen-bond acceptors (Lipinski definition) is 0. The van der Waals surface area contributed by atoms with Crippen molar-refractivity contribution in [3.05, 3.63) is 0 Å². The van der Waals surface area contributed by atoms with E-state index >= 15 is 0 Å². The molecular formula is C25H48. The maximum atomic E-state index is 3.35. The van der Waals surface area contributed by atoms with Crippen LogP contribution in [0.25, 0.3) is 0 Å². The Hall–Kier alpha value is -0.440. The molecule has 1 unspecified atom stereocenters. The average molecular weight is 349 g/mol. The van der Waals surface area contributed by atoms with Crippen molar-refractivity contribution in [2.45, 2.75) is 143 Å². The molecule has 0 aromatic rings. The second-order valence-electron chi connectivity index (χ2n) is 8.13. The second-order valence-corrected chi connectivity index (χ2v) is 8.13. The molecule has 148 valence electrons.